The molecule has 0 aliphatic carbocycles. The second-order valence-electron chi connectivity index (χ2n) is 2.16. The molecule has 0 bridgehead atoms. The summed E-state index contributed by atoms with van der Waals surface area (Å²) in [6.45, 7) is 3.98. The molecular formula is C5H9NO. The molecule has 0 spiro atoms. The molecule has 1 aliphatic rings. The first kappa shape index (κ1) is 4.65. The molecule has 0 fully saturated rings. The van der Waals surface area contributed by atoms with E-state index < -0.39 is 0 Å². The Kier molecular flexibility index (Phi) is 0.820. The fourth-order valence-electron chi connectivity index (χ4n) is 0.455. The summed E-state index contributed by atoms with van der Waals surface area (Å²) < 4.78 is 0. The van der Waals surface area contributed by atoms with Gasteiger partial charge in [0.05, 0.1) is 0 Å². The van der Waals surface area contributed by atoms with Crippen LogP contribution in [0.4, 0.5) is 0 Å². The van der Waals surface area contributed by atoms with Gasteiger partial charge in [-0.15, -0.1) is 0 Å². The van der Waals surface area contributed by atoms with Crippen molar-refractivity contribution in [2.75, 3.05) is 0 Å². The van der Waals surface area contributed by atoms with E-state index >= 15 is 0 Å². The van der Waals surface area contributed by atoms with Crippen molar-refractivity contribution in [3.05, 3.63) is 12.3 Å². The molecule has 0 unspecified atom stereocenters. The number of nitrogens with one attached hydrogen (secondary N) is 1. The van der Waals surface area contributed by atoms with Crippen LogP contribution in [0, 0.1) is 0 Å². The van der Waals surface area contributed by atoms with Crippen LogP contribution >= 0.6 is 0 Å². The fourth-order valence-corrected chi connectivity index (χ4v) is 0.455. The van der Waals surface area contributed by atoms with Crippen LogP contribution in [0.1, 0.15) is 13.8 Å². The molecule has 7 heavy (non-hydrogen) atoms. The quantitative estimate of drug-likeness (QED) is 0.485. The molecule has 1 rings (SSSR count). The van der Waals surface area contributed by atoms with Gasteiger partial charge in [-0.2, -0.15) is 0 Å². The highest BCUT2D eigenvalue weighted by Gasteiger charge is 2.17. The summed E-state index contributed by atoms with van der Waals surface area (Å²) in [6, 6.07) is 0. The Morgan fingerprint density at radius 3 is 2.43 bits per heavy atom. The van der Waals surface area contributed by atoms with Crippen LogP contribution < -0.4 is 5.48 Å². The number of hydrogen-bond donors (Lipinski definition) is 1. The Balaban J connectivity index is 2.57. The molecule has 0 aromatic rings. The highest BCUT2D eigenvalue weighted by atomic mass is 16.7. The van der Waals surface area contributed by atoms with Gasteiger partial charge in [0, 0.05) is 6.20 Å². The lowest BCUT2D eigenvalue weighted by Crippen LogP contribution is -2.19. The van der Waals surface area contributed by atoms with Crippen molar-refractivity contribution in [1.29, 1.82) is 0 Å². The van der Waals surface area contributed by atoms with E-state index in [4.69, 9.17) is 4.84 Å². The smallest absolute Gasteiger partial charge is 0.110 e. The summed E-state index contributed by atoms with van der Waals surface area (Å²) >= 11 is 0. The maximum Gasteiger partial charge on any atom is 0.110 e. The molecular weight excluding hydrogens is 90.1 g/mol. The van der Waals surface area contributed by atoms with Gasteiger partial charge in [0.25, 0.3) is 0 Å². The van der Waals surface area contributed by atoms with E-state index in [0.29, 0.717) is 0 Å². The standard InChI is InChI=1S/C5H9NO/c1-5(2)3-4-6-7-5/h3-4,6H,1-2H3. The molecule has 0 saturated heterocycles. The zero-order valence-corrected chi connectivity index (χ0v) is 4.56. The summed E-state index contributed by atoms with van der Waals surface area (Å²) in [7, 11) is 0. The van der Waals surface area contributed by atoms with E-state index in [9.17, 15) is 0 Å². The van der Waals surface area contributed by atoms with Gasteiger partial charge < -0.3 is 0 Å². The molecule has 0 aromatic heterocycles. The minimum Gasteiger partial charge on any atom is -0.274 e. The van der Waals surface area contributed by atoms with Gasteiger partial charge in [0.1, 0.15) is 5.60 Å². The normalized spacial score (nSPS) is 24.9. The molecule has 40 valence electrons. The number of rotatable bonds is 0. The lowest BCUT2D eigenvalue weighted by atomic mass is 10.1. The van der Waals surface area contributed by atoms with Gasteiger partial charge in [-0.05, 0) is 19.9 Å². The Bertz CT molecular complexity index is 96.3. The summed E-state index contributed by atoms with van der Waals surface area (Å²) in [5.41, 5.74) is 2.53. The predicted molar refractivity (Wildman–Crippen MR) is 27.4 cm³/mol. The maximum atomic E-state index is 4.98. The second kappa shape index (κ2) is 1.23. The van der Waals surface area contributed by atoms with Crippen LogP contribution in [0.3, 0.4) is 0 Å². The van der Waals surface area contributed by atoms with Gasteiger partial charge in [-0.3, -0.25) is 10.3 Å². The average Bonchev–Trinajstić information content (AvgIpc) is 1.84. The minimum absolute atomic E-state index is 0.0972. The molecule has 1 aliphatic heterocycles. The topological polar surface area (TPSA) is 21.3 Å². The molecule has 0 atom stereocenters. The Morgan fingerprint density at radius 1 is 1.57 bits per heavy atom. The first-order chi connectivity index (χ1) is 3.21. The largest absolute Gasteiger partial charge is 0.274 e. The van der Waals surface area contributed by atoms with Crippen molar-refractivity contribution in [3.8, 4) is 0 Å². The van der Waals surface area contributed by atoms with Crippen LogP contribution in [0.15, 0.2) is 12.3 Å². The monoisotopic (exact) mass is 99.1 g/mol. The zero-order valence-electron chi connectivity index (χ0n) is 4.56. The van der Waals surface area contributed by atoms with Crippen LogP contribution in [-0.4, -0.2) is 5.60 Å². The lowest BCUT2D eigenvalue weighted by molar-refractivity contribution is -0.0115. The van der Waals surface area contributed by atoms with Crippen LogP contribution in [0.2, 0.25) is 0 Å². The van der Waals surface area contributed by atoms with Gasteiger partial charge in [0.2, 0.25) is 0 Å². The number of hydrogen-bond acceptors (Lipinski definition) is 2. The molecule has 2 heteroatoms. The Labute approximate surface area is 43.1 Å². The third-order valence-corrected chi connectivity index (χ3v) is 0.875. The van der Waals surface area contributed by atoms with Crippen LogP contribution in [0.25, 0.3) is 0 Å². The van der Waals surface area contributed by atoms with Crippen molar-refractivity contribution < 1.29 is 4.84 Å². The number of hydroxylamine groups is 1. The van der Waals surface area contributed by atoms with E-state index in [1.54, 1.807) is 6.20 Å². The summed E-state index contributed by atoms with van der Waals surface area (Å²) in [6.07, 6.45) is 3.76. The van der Waals surface area contributed by atoms with E-state index in [1.807, 2.05) is 19.9 Å². The summed E-state index contributed by atoms with van der Waals surface area (Å²) in [5.74, 6) is 0. The van der Waals surface area contributed by atoms with E-state index in [1.165, 1.54) is 0 Å². The van der Waals surface area contributed by atoms with Crippen LogP contribution in [-0.2, 0) is 4.84 Å². The van der Waals surface area contributed by atoms with Gasteiger partial charge >= 0.3 is 0 Å². The van der Waals surface area contributed by atoms with Crippen molar-refractivity contribution in [2.45, 2.75) is 19.4 Å². The van der Waals surface area contributed by atoms with Gasteiger partial charge in [-0.1, -0.05) is 0 Å². The maximum absolute atomic E-state index is 4.98. The van der Waals surface area contributed by atoms with Crippen LogP contribution in [0.5, 0.6) is 0 Å². The Hall–Kier alpha value is -0.500. The third kappa shape index (κ3) is 0.933. The Morgan fingerprint density at radius 2 is 2.29 bits per heavy atom. The summed E-state index contributed by atoms with van der Waals surface area (Å²) in [5, 5.41) is 0. The zero-order chi connectivity index (χ0) is 5.33. The second-order valence-corrected chi connectivity index (χ2v) is 2.16. The fraction of sp³-hybridized carbons (Fsp3) is 0.600. The molecule has 0 amide bonds. The molecule has 0 saturated carbocycles. The van der Waals surface area contributed by atoms with Gasteiger partial charge in [-0.25, -0.2) is 0 Å². The highest BCUT2D eigenvalue weighted by Crippen LogP contribution is 2.11. The van der Waals surface area contributed by atoms with E-state index in [0.717, 1.165) is 0 Å². The van der Waals surface area contributed by atoms with E-state index in [-0.39, 0.29) is 5.60 Å². The molecule has 0 radical (unpaired) electrons. The SMILES string of the molecule is CC1(C)C=CNO1. The molecule has 0 aromatic carbocycles. The van der Waals surface area contributed by atoms with Crippen molar-refractivity contribution in [3.63, 3.8) is 0 Å². The first-order valence-electron chi connectivity index (χ1n) is 2.32. The first-order valence-corrected chi connectivity index (χ1v) is 2.32. The highest BCUT2D eigenvalue weighted by molar-refractivity contribution is 4.98. The molecule has 1 heterocycles. The van der Waals surface area contributed by atoms with Gasteiger partial charge in [0.15, 0.2) is 0 Å². The lowest BCUT2D eigenvalue weighted by Gasteiger charge is -2.11. The minimum atomic E-state index is -0.0972. The van der Waals surface area contributed by atoms with Crippen molar-refractivity contribution in [1.82, 2.24) is 5.48 Å². The van der Waals surface area contributed by atoms with Crippen molar-refractivity contribution in [2.24, 2.45) is 0 Å². The van der Waals surface area contributed by atoms with Crippen molar-refractivity contribution >= 4 is 0 Å². The predicted octanol–water partition coefficient (Wildman–Crippen LogP) is 0.813. The van der Waals surface area contributed by atoms with E-state index in [2.05, 4.69) is 5.48 Å². The molecule has 2 nitrogen and oxygen atoms in total. The third-order valence-electron chi connectivity index (χ3n) is 0.875. The average molecular weight is 99.1 g/mol. The molecule has 1 N–H and O–H groups in total. The summed E-state index contributed by atoms with van der Waals surface area (Å²) in [4.78, 5) is 4.98.